The maximum Gasteiger partial charge on any atom is 0.358 e. The third-order valence-corrected chi connectivity index (χ3v) is 3.31. The van der Waals surface area contributed by atoms with E-state index in [0.717, 1.165) is 0 Å². The van der Waals surface area contributed by atoms with Crippen LogP contribution in [-0.2, 0) is 42.9 Å². The van der Waals surface area contributed by atoms with Crippen molar-refractivity contribution < 1.29 is 42.9 Å². The molecule has 0 spiro atoms. The zero-order chi connectivity index (χ0) is 21.2. The summed E-state index contributed by atoms with van der Waals surface area (Å²) in [6, 6.07) is 0. The molecule has 0 aromatic rings. The molecule has 0 N–H and O–H groups in total. The van der Waals surface area contributed by atoms with Crippen LogP contribution in [0.3, 0.4) is 0 Å². The molecule has 1 heterocycles. The van der Waals surface area contributed by atoms with E-state index < -0.39 is 17.8 Å². The largest absolute Gasteiger partial charge is 0.379 e. The van der Waals surface area contributed by atoms with Gasteiger partial charge in [-0.3, -0.25) is 9.59 Å². The average molecular weight is 418 g/mol. The lowest BCUT2D eigenvalue weighted by Crippen LogP contribution is -2.33. The van der Waals surface area contributed by atoms with Crippen LogP contribution < -0.4 is 0 Å². The maximum atomic E-state index is 11.5. The van der Waals surface area contributed by atoms with Crippen LogP contribution in [0.4, 0.5) is 0 Å². The zero-order valence-electron chi connectivity index (χ0n) is 16.2. The number of hydrogen-bond donors (Lipinski definition) is 0. The molecule has 0 bridgehead atoms. The molecule has 2 amide bonds. The summed E-state index contributed by atoms with van der Waals surface area (Å²) in [4.78, 5) is 41.3. The van der Waals surface area contributed by atoms with Gasteiger partial charge < -0.3 is 28.5 Å². The van der Waals surface area contributed by atoms with Crippen molar-refractivity contribution in [3.05, 3.63) is 10.4 Å². The van der Waals surface area contributed by atoms with Crippen LogP contribution in [0, 0.1) is 0 Å². The number of amides is 2. The fourth-order valence-electron chi connectivity index (χ4n) is 1.97. The average Bonchev–Trinajstić information content (AvgIpc) is 3.02. The Kier molecular flexibility index (Phi) is 14.2. The van der Waals surface area contributed by atoms with Crippen molar-refractivity contribution in [2.24, 2.45) is 5.11 Å². The van der Waals surface area contributed by atoms with Crippen molar-refractivity contribution >= 4 is 17.8 Å². The minimum Gasteiger partial charge on any atom is -0.379 e. The SMILES string of the molecule is [N-]=[N+]=NCCOCCOCCOCCOCCOCC(=O)ON1C(=O)CCC1=O. The van der Waals surface area contributed by atoms with E-state index in [1.807, 2.05) is 0 Å². The van der Waals surface area contributed by atoms with Crippen LogP contribution in [0.2, 0.25) is 0 Å². The number of carbonyl (C=O) groups excluding carboxylic acids is 3. The van der Waals surface area contributed by atoms with Gasteiger partial charge in [0.15, 0.2) is 0 Å². The number of azide groups is 1. The second kappa shape index (κ2) is 16.7. The monoisotopic (exact) mass is 418 g/mol. The van der Waals surface area contributed by atoms with Gasteiger partial charge in [0, 0.05) is 24.3 Å². The van der Waals surface area contributed by atoms with E-state index in [9.17, 15) is 14.4 Å². The smallest absolute Gasteiger partial charge is 0.358 e. The van der Waals surface area contributed by atoms with Crippen molar-refractivity contribution in [1.29, 1.82) is 0 Å². The van der Waals surface area contributed by atoms with Crippen LogP contribution in [-0.4, -0.2) is 95.5 Å². The minimum absolute atomic E-state index is 0.0452. The van der Waals surface area contributed by atoms with Gasteiger partial charge in [0.05, 0.1) is 59.5 Å². The van der Waals surface area contributed by atoms with E-state index in [2.05, 4.69) is 14.9 Å². The standard InChI is InChI=1S/C16H26N4O9/c17-19-18-3-4-24-5-6-25-7-8-26-9-10-27-11-12-28-13-16(23)29-20-14(21)1-2-15(20)22/h1-13H2. The van der Waals surface area contributed by atoms with Crippen molar-refractivity contribution in [3.8, 4) is 0 Å². The molecule has 13 heteroatoms. The van der Waals surface area contributed by atoms with E-state index in [1.165, 1.54) is 0 Å². The molecule has 0 saturated carbocycles. The molecule has 1 saturated heterocycles. The van der Waals surface area contributed by atoms with Crippen LogP contribution >= 0.6 is 0 Å². The number of carbonyl (C=O) groups is 3. The predicted octanol–water partition coefficient (Wildman–Crippen LogP) is -0.0131. The highest BCUT2D eigenvalue weighted by molar-refractivity contribution is 6.01. The van der Waals surface area contributed by atoms with Crippen molar-refractivity contribution in [2.75, 3.05) is 72.6 Å². The molecule has 0 radical (unpaired) electrons. The summed E-state index contributed by atoms with van der Waals surface area (Å²) in [5.41, 5.74) is 8.07. The first-order valence-corrected chi connectivity index (χ1v) is 9.11. The van der Waals surface area contributed by atoms with E-state index in [-0.39, 0.29) is 32.7 Å². The number of hydrogen-bond acceptors (Lipinski definition) is 10. The Labute approximate surface area is 167 Å². The highest BCUT2D eigenvalue weighted by Crippen LogP contribution is 2.11. The molecule has 0 atom stereocenters. The molecule has 0 aromatic carbocycles. The summed E-state index contributed by atoms with van der Waals surface area (Å²) in [7, 11) is 0. The molecular weight excluding hydrogens is 392 g/mol. The van der Waals surface area contributed by atoms with Crippen LogP contribution in [0.15, 0.2) is 5.11 Å². The molecule has 0 aliphatic carbocycles. The lowest BCUT2D eigenvalue weighted by atomic mass is 10.4. The minimum atomic E-state index is -0.821. The number of imide groups is 1. The summed E-state index contributed by atoms with van der Waals surface area (Å²) in [5, 5.41) is 3.81. The Balaban J connectivity index is 1.79. The van der Waals surface area contributed by atoms with Crippen LogP contribution in [0.25, 0.3) is 10.4 Å². The lowest BCUT2D eigenvalue weighted by molar-refractivity contribution is -0.200. The number of ether oxygens (including phenoxy) is 5. The van der Waals surface area contributed by atoms with Gasteiger partial charge in [-0.15, -0.1) is 5.06 Å². The van der Waals surface area contributed by atoms with Gasteiger partial charge in [-0.25, -0.2) is 4.79 Å². The van der Waals surface area contributed by atoms with Gasteiger partial charge in [-0.2, -0.15) is 0 Å². The molecule has 0 aromatic heterocycles. The first kappa shape index (κ1) is 24.8. The molecule has 1 aliphatic rings. The van der Waals surface area contributed by atoms with Gasteiger partial charge in [0.1, 0.15) is 6.61 Å². The Morgan fingerprint density at radius 2 is 1.28 bits per heavy atom. The summed E-state index contributed by atoms with van der Waals surface area (Å²) in [6.45, 7) is 3.11. The number of nitrogens with zero attached hydrogens (tertiary/aromatic N) is 4. The lowest BCUT2D eigenvalue weighted by Gasteiger charge is -2.12. The van der Waals surface area contributed by atoms with Crippen LogP contribution in [0.1, 0.15) is 12.8 Å². The Morgan fingerprint density at radius 1 is 0.828 bits per heavy atom. The third-order valence-electron chi connectivity index (χ3n) is 3.31. The second-order valence-corrected chi connectivity index (χ2v) is 5.50. The zero-order valence-corrected chi connectivity index (χ0v) is 16.2. The topological polar surface area (TPSA) is 159 Å². The fraction of sp³-hybridized carbons (Fsp3) is 0.812. The van der Waals surface area contributed by atoms with Gasteiger partial charge in [0.25, 0.3) is 11.8 Å². The van der Waals surface area contributed by atoms with E-state index in [4.69, 9.17) is 29.2 Å². The first-order chi connectivity index (χ1) is 14.1. The van der Waals surface area contributed by atoms with Crippen molar-refractivity contribution in [3.63, 3.8) is 0 Å². The molecule has 0 unspecified atom stereocenters. The fourth-order valence-corrected chi connectivity index (χ4v) is 1.97. The summed E-state index contributed by atoms with van der Waals surface area (Å²) in [5.74, 6) is -1.89. The highest BCUT2D eigenvalue weighted by atomic mass is 16.7. The molecule has 1 aliphatic heterocycles. The third kappa shape index (κ3) is 12.7. The Morgan fingerprint density at radius 3 is 1.76 bits per heavy atom. The summed E-state index contributed by atoms with van der Waals surface area (Å²) >= 11 is 0. The van der Waals surface area contributed by atoms with E-state index in [0.29, 0.717) is 57.9 Å². The molecule has 164 valence electrons. The molecule has 13 nitrogen and oxygen atoms in total. The molecule has 29 heavy (non-hydrogen) atoms. The van der Waals surface area contributed by atoms with Gasteiger partial charge in [0.2, 0.25) is 0 Å². The van der Waals surface area contributed by atoms with E-state index >= 15 is 0 Å². The first-order valence-electron chi connectivity index (χ1n) is 9.11. The summed E-state index contributed by atoms with van der Waals surface area (Å²) < 4.78 is 26.0. The van der Waals surface area contributed by atoms with E-state index in [1.54, 1.807) is 0 Å². The Bertz CT molecular complexity index is 539. The predicted molar refractivity (Wildman–Crippen MR) is 95.3 cm³/mol. The van der Waals surface area contributed by atoms with Crippen molar-refractivity contribution in [2.45, 2.75) is 12.8 Å². The van der Waals surface area contributed by atoms with Crippen molar-refractivity contribution in [1.82, 2.24) is 5.06 Å². The summed E-state index contributed by atoms with van der Waals surface area (Å²) in [6.07, 6.45) is 0.0904. The molecular formula is C16H26N4O9. The number of rotatable bonds is 18. The molecule has 1 fully saturated rings. The Hall–Kier alpha value is -2.28. The van der Waals surface area contributed by atoms with Gasteiger partial charge in [-0.1, -0.05) is 5.11 Å². The van der Waals surface area contributed by atoms with Gasteiger partial charge >= 0.3 is 5.97 Å². The molecule has 1 rings (SSSR count). The highest BCUT2D eigenvalue weighted by Gasteiger charge is 2.32. The maximum absolute atomic E-state index is 11.5. The van der Waals surface area contributed by atoms with Gasteiger partial charge in [-0.05, 0) is 5.53 Å². The van der Waals surface area contributed by atoms with Crippen LogP contribution in [0.5, 0.6) is 0 Å². The number of hydroxylamine groups is 2. The quantitative estimate of drug-likeness (QED) is 0.0980. The second-order valence-electron chi connectivity index (χ2n) is 5.50. The normalized spacial score (nSPS) is 13.6.